The molecule has 112 valence electrons. The van der Waals surface area contributed by atoms with E-state index in [1.807, 2.05) is 36.4 Å². The van der Waals surface area contributed by atoms with Gasteiger partial charge in [0.25, 0.3) is 0 Å². The van der Waals surface area contributed by atoms with E-state index in [2.05, 4.69) is 5.32 Å². The van der Waals surface area contributed by atoms with E-state index in [0.717, 1.165) is 16.8 Å². The maximum absolute atomic E-state index is 9.31. The van der Waals surface area contributed by atoms with E-state index >= 15 is 0 Å². The molecule has 0 radical (unpaired) electrons. The Labute approximate surface area is 129 Å². The van der Waals surface area contributed by atoms with E-state index < -0.39 is 0 Å². The Morgan fingerprint density at radius 1 is 1.14 bits per heavy atom. The summed E-state index contributed by atoms with van der Waals surface area (Å²) in [7, 11) is 3.13. The first-order valence-electron chi connectivity index (χ1n) is 6.52. The summed E-state index contributed by atoms with van der Waals surface area (Å²) >= 11 is 6.18. The van der Waals surface area contributed by atoms with Crippen LogP contribution in [0.5, 0.6) is 11.5 Å². The number of hydrogen-bond acceptors (Lipinski definition) is 4. The lowest BCUT2D eigenvalue weighted by atomic mass is 10.1. The number of halogens is 1. The number of aliphatic hydroxyl groups is 1. The molecule has 0 unspecified atom stereocenters. The summed E-state index contributed by atoms with van der Waals surface area (Å²) in [6, 6.07) is 11.3. The van der Waals surface area contributed by atoms with E-state index in [-0.39, 0.29) is 6.61 Å². The molecule has 0 fully saturated rings. The Hall–Kier alpha value is -1.91. The van der Waals surface area contributed by atoms with Crippen LogP contribution in [0.25, 0.3) is 0 Å². The van der Waals surface area contributed by atoms with Crippen LogP contribution in [-0.2, 0) is 13.2 Å². The maximum atomic E-state index is 9.31. The fourth-order valence-corrected chi connectivity index (χ4v) is 2.41. The smallest absolute Gasteiger partial charge is 0.179 e. The quantitative estimate of drug-likeness (QED) is 0.858. The fraction of sp³-hybridized carbons (Fsp3) is 0.250. The monoisotopic (exact) mass is 307 g/mol. The molecule has 4 nitrogen and oxygen atoms in total. The van der Waals surface area contributed by atoms with E-state index in [4.69, 9.17) is 21.1 Å². The second-order valence-electron chi connectivity index (χ2n) is 4.48. The Kier molecular flexibility index (Phi) is 5.31. The zero-order chi connectivity index (χ0) is 15.2. The Morgan fingerprint density at radius 3 is 2.57 bits per heavy atom. The van der Waals surface area contributed by atoms with Crippen LogP contribution in [0.4, 0.5) is 5.69 Å². The molecule has 0 aliphatic carbocycles. The van der Waals surface area contributed by atoms with Gasteiger partial charge in [-0.2, -0.15) is 0 Å². The first-order valence-corrected chi connectivity index (χ1v) is 6.90. The zero-order valence-corrected chi connectivity index (χ0v) is 12.8. The lowest BCUT2D eigenvalue weighted by molar-refractivity contribution is 0.282. The highest BCUT2D eigenvalue weighted by Crippen LogP contribution is 2.36. The third-order valence-electron chi connectivity index (χ3n) is 3.16. The van der Waals surface area contributed by atoms with Crippen LogP contribution in [0, 0.1) is 0 Å². The summed E-state index contributed by atoms with van der Waals surface area (Å²) in [5.41, 5.74) is 2.71. The van der Waals surface area contributed by atoms with Crippen molar-refractivity contribution >= 4 is 17.3 Å². The number of para-hydroxylation sites is 1. The van der Waals surface area contributed by atoms with Gasteiger partial charge in [0.1, 0.15) is 0 Å². The van der Waals surface area contributed by atoms with Crippen LogP contribution in [0.2, 0.25) is 5.02 Å². The lowest BCUT2D eigenvalue weighted by Gasteiger charge is -2.14. The largest absolute Gasteiger partial charge is 0.493 e. The van der Waals surface area contributed by atoms with Gasteiger partial charge in [0.15, 0.2) is 11.5 Å². The van der Waals surface area contributed by atoms with Crippen molar-refractivity contribution < 1.29 is 14.6 Å². The average Bonchev–Trinajstić information content (AvgIpc) is 2.52. The van der Waals surface area contributed by atoms with Crippen LogP contribution in [0.1, 0.15) is 11.1 Å². The molecular weight excluding hydrogens is 290 g/mol. The minimum atomic E-state index is -0.00410. The average molecular weight is 308 g/mol. The Bertz CT molecular complexity index is 616. The summed E-state index contributed by atoms with van der Waals surface area (Å²) in [6.45, 7) is 0.562. The third-order valence-corrected chi connectivity index (χ3v) is 3.44. The highest BCUT2D eigenvalue weighted by Gasteiger charge is 2.11. The van der Waals surface area contributed by atoms with Gasteiger partial charge in [0.2, 0.25) is 0 Å². The molecule has 0 saturated heterocycles. The first kappa shape index (κ1) is 15.5. The van der Waals surface area contributed by atoms with Crippen molar-refractivity contribution in [3.05, 3.63) is 52.5 Å². The van der Waals surface area contributed by atoms with Gasteiger partial charge in [0, 0.05) is 17.8 Å². The SMILES string of the molecule is COc1cc(CNc2ccccc2CO)cc(Cl)c1OC. The van der Waals surface area contributed by atoms with Crippen molar-refractivity contribution in [3.63, 3.8) is 0 Å². The standard InChI is InChI=1S/C16H18ClNO3/c1-20-15-8-11(7-13(17)16(15)21-2)9-18-14-6-4-3-5-12(14)10-19/h3-8,18-19H,9-10H2,1-2H3. The van der Waals surface area contributed by atoms with Crippen molar-refractivity contribution in [2.45, 2.75) is 13.2 Å². The van der Waals surface area contributed by atoms with Crippen molar-refractivity contribution in [1.29, 1.82) is 0 Å². The predicted molar refractivity (Wildman–Crippen MR) is 84.2 cm³/mol. The third kappa shape index (κ3) is 3.60. The van der Waals surface area contributed by atoms with E-state index in [1.165, 1.54) is 0 Å². The molecule has 0 spiro atoms. The number of aliphatic hydroxyl groups excluding tert-OH is 1. The van der Waals surface area contributed by atoms with Crippen LogP contribution in [0.15, 0.2) is 36.4 Å². The first-order chi connectivity index (χ1) is 10.2. The van der Waals surface area contributed by atoms with Crippen LogP contribution < -0.4 is 14.8 Å². The second-order valence-corrected chi connectivity index (χ2v) is 4.89. The maximum Gasteiger partial charge on any atom is 0.179 e. The summed E-state index contributed by atoms with van der Waals surface area (Å²) in [4.78, 5) is 0. The van der Waals surface area contributed by atoms with Crippen molar-refractivity contribution in [2.24, 2.45) is 0 Å². The summed E-state index contributed by atoms with van der Waals surface area (Å²) in [5.74, 6) is 1.12. The topological polar surface area (TPSA) is 50.7 Å². The van der Waals surface area contributed by atoms with Gasteiger partial charge >= 0.3 is 0 Å². The van der Waals surface area contributed by atoms with Crippen LogP contribution in [0.3, 0.4) is 0 Å². The molecule has 21 heavy (non-hydrogen) atoms. The molecule has 2 N–H and O–H groups in total. The van der Waals surface area contributed by atoms with Gasteiger partial charge in [-0.25, -0.2) is 0 Å². The number of methoxy groups -OCH3 is 2. The van der Waals surface area contributed by atoms with Crippen molar-refractivity contribution in [1.82, 2.24) is 0 Å². The van der Waals surface area contributed by atoms with Gasteiger partial charge in [-0.15, -0.1) is 0 Å². The molecule has 0 heterocycles. The molecule has 5 heteroatoms. The van der Waals surface area contributed by atoms with Crippen LogP contribution in [-0.4, -0.2) is 19.3 Å². The van der Waals surface area contributed by atoms with Crippen molar-refractivity contribution in [2.75, 3.05) is 19.5 Å². The second kappa shape index (κ2) is 7.20. The molecule has 0 aliphatic heterocycles. The van der Waals surface area contributed by atoms with Crippen molar-refractivity contribution in [3.8, 4) is 11.5 Å². The number of hydrogen-bond donors (Lipinski definition) is 2. The predicted octanol–water partition coefficient (Wildman–Crippen LogP) is 3.46. The summed E-state index contributed by atoms with van der Waals surface area (Å²) < 4.78 is 10.5. The summed E-state index contributed by atoms with van der Waals surface area (Å²) in [5, 5.41) is 13.1. The molecule has 2 rings (SSSR count). The van der Waals surface area contributed by atoms with E-state index in [1.54, 1.807) is 14.2 Å². The number of rotatable bonds is 6. The lowest BCUT2D eigenvalue weighted by Crippen LogP contribution is -2.03. The van der Waals surface area contributed by atoms with Gasteiger partial charge in [-0.1, -0.05) is 29.8 Å². The van der Waals surface area contributed by atoms with Gasteiger partial charge in [0.05, 0.1) is 25.8 Å². The molecule has 0 aromatic heterocycles. The number of anilines is 1. The number of benzene rings is 2. The van der Waals surface area contributed by atoms with Gasteiger partial charge < -0.3 is 19.9 Å². The molecule has 0 atom stereocenters. The fourth-order valence-electron chi connectivity index (χ4n) is 2.10. The van der Waals surface area contributed by atoms with Gasteiger partial charge in [-0.05, 0) is 23.8 Å². The Balaban J connectivity index is 2.18. The normalized spacial score (nSPS) is 10.3. The molecular formula is C16H18ClNO3. The zero-order valence-electron chi connectivity index (χ0n) is 12.0. The minimum Gasteiger partial charge on any atom is -0.493 e. The molecule has 2 aromatic carbocycles. The highest BCUT2D eigenvalue weighted by atomic mass is 35.5. The van der Waals surface area contributed by atoms with Crippen LogP contribution >= 0.6 is 11.6 Å². The molecule has 0 bridgehead atoms. The summed E-state index contributed by atoms with van der Waals surface area (Å²) in [6.07, 6.45) is 0. The molecule has 0 saturated carbocycles. The minimum absolute atomic E-state index is 0.00410. The molecule has 2 aromatic rings. The highest BCUT2D eigenvalue weighted by molar-refractivity contribution is 6.32. The molecule has 0 aliphatic rings. The van der Waals surface area contributed by atoms with Gasteiger partial charge in [-0.3, -0.25) is 0 Å². The van der Waals surface area contributed by atoms with E-state index in [9.17, 15) is 5.11 Å². The molecule has 0 amide bonds. The van der Waals surface area contributed by atoms with E-state index in [0.29, 0.717) is 23.1 Å². The number of nitrogens with one attached hydrogen (secondary N) is 1. The number of ether oxygens (including phenoxy) is 2. The Morgan fingerprint density at radius 2 is 1.90 bits per heavy atom.